The second kappa shape index (κ2) is 7.61. The lowest BCUT2D eigenvalue weighted by molar-refractivity contribution is -0.157. The number of hydrogen-bond donors (Lipinski definition) is 1. The van der Waals surface area contributed by atoms with E-state index >= 15 is 0 Å². The second-order valence-electron chi connectivity index (χ2n) is 7.82. The number of benzene rings is 2. The molecule has 4 nitrogen and oxygen atoms in total. The van der Waals surface area contributed by atoms with E-state index in [1.54, 1.807) is 63.2 Å². The molecule has 3 unspecified atom stereocenters. The molecule has 1 N–H and O–H groups in total. The molecule has 1 aliphatic rings. The Bertz CT molecular complexity index is 829. The first-order valence-electron chi connectivity index (χ1n) is 9.09. The molecule has 3 rings (SSSR count). The smallest absolute Gasteiger partial charge is 0.323 e. The topological polar surface area (TPSA) is 55.4 Å². The number of halogens is 1. The molecule has 0 radical (unpaired) electrons. The van der Waals surface area contributed by atoms with E-state index in [4.69, 9.17) is 4.74 Å². The third-order valence-electron chi connectivity index (χ3n) is 4.60. The average Bonchev–Trinajstić information content (AvgIpc) is 3.06. The normalized spacial score (nSPS) is 22.4. The summed E-state index contributed by atoms with van der Waals surface area (Å²) in [6.07, 6.45) is 0.266. The minimum atomic E-state index is -0.661. The number of hydrogen-bond acceptors (Lipinski definition) is 4. The summed E-state index contributed by atoms with van der Waals surface area (Å²) in [6.45, 7) is 5.38. The maximum absolute atomic E-state index is 14.4. The van der Waals surface area contributed by atoms with Crippen LogP contribution >= 0.6 is 0 Å². The summed E-state index contributed by atoms with van der Waals surface area (Å²) in [4.78, 5) is 25.6. The van der Waals surface area contributed by atoms with Gasteiger partial charge in [0.25, 0.3) is 0 Å². The van der Waals surface area contributed by atoms with Gasteiger partial charge in [-0.1, -0.05) is 48.5 Å². The van der Waals surface area contributed by atoms with Crippen molar-refractivity contribution < 1.29 is 18.7 Å². The lowest BCUT2D eigenvalue weighted by atomic mass is 9.86. The monoisotopic (exact) mass is 369 g/mol. The molecule has 1 fully saturated rings. The van der Waals surface area contributed by atoms with E-state index in [-0.39, 0.29) is 12.2 Å². The van der Waals surface area contributed by atoms with Crippen molar-refractivity contribution in [3.05, 3.63) is 71.5 Å². The van der Waals surface area contributed by atoms with E-state index in [1.165, 1.54) is 6.07 Å². The molecule has 0 amide bonds. The van der Waals surface area contributed by atoms with Crippen molar-refractivity contribution in [1.29, 1.82) is 0 Å². The van der Waals surface area contributed by atoms with Crippen LogP contribution in [0.2, 0.25) is 0 Å². The van der Waals surface area contributed by atoms with Crippen LogP contribution in [0.3, 0.4) is 0 Å². The van der Waals surface area contributed by atoms with Gasteiger partial charge in [0.1, 0.15) is 17.5 Å². The van der Waals surface area contributed by atoms with Crippen molar-refractivity contribution in [2.75, 3.05) is 0 Å². The summed E-state index contributed by atoms with van der Waals surface area (Å²) in [5.41, 5.74) is 0.307. The van der Waals surface area contributed by atoms with Gasteiger partial charge in [0, 0.05) is 23.1 Å². The van der Waals surface area contributed by atoms with Crippen LogP contribution in [-0.2, 0) is 9.53 Å². The highest BCUT2D eigenvalue weighted by Crippen LogP contribution is 2.37. The molecule has 0 aromatic heterocycles. The van der Waals surface area contributed by atoms with Gasteiger partial charge in [0.05, 0.1) is 0 Å². The van der Waals surface area contributed by atoms with E-state index in [9.17, 15) is 14.0 Å². The molecule has 0 spiro atoms. The fourth-order valence-electron chi connectivity index (χ4n) is 3.44. The van der Waals surface area contributed by atoms with Gasteiger partial charge in [-0.15, -0.1) is 0 Å². The SMILES string of the molecule is CC(C)(C)OC(=O)C1CC(C(=O)c2ccccc2)C(c2ccccc2F)N1. The van der Waals surface area contributed by atoms with Gasteiger partial charge in [0.2, 0.25) is 0 Å². The van der Waals surface area contributed by atoms with E-state index < -0.39 is 35.4 Å². The van der Waals surface area contributed by atoms with Crippen LogP contribution in [0.1, 0.15) is 49.2 Å². The van der Waals surface area contributed by atoms with Crippen LogP contribution in [0.15, 0.2) is 54.6 Å². The maximum atomic E-state index is 14.4. The number of rotatable bonds is 4. The van der Waals surface area contributed by atoms with Gasteiger partial charge in [-0.2, -0.15) is 0 Å². The minimum Gasteiger partial charge on any atom is -0.459 e. The molecule has 0 bridgehead atoms. The molecule has 2 aromatic carbocycles. The first-order chi connectivity index (χ1) is 12.8. The van der Waals surface area contributed by atoms with E-state index in [0.717, 1.165) is 0 Å². The van der Waals surface area contributed by atoms with Crippen molar-refractivity contribution in [2.45, 2.75) is 44.9 Å². The Hall–Kier alpha value is -2.53. The standard InChI is InChI=1S/C22H24FNO3/c1-22(2,3)27-21(26)18-13-16(20(25)14-9-5-4-6-10-14)19(24-18)15-11-7-8-12-17(15)23/h4-12,16,18-19,24H,13H2,1-3H3. The highest BCUT2D eigenvalue weighted by Gasteiger charge is 2.44. The lowest BCUT2D eigenvalue weighted by Gasteiger charge is -2.22. The lowest BCUT2D eigenvalue weighted by Crippen LogP contribution is -2.38. The van der Waals surface area contributed by atoms with Gasteiger partial charge in [-0.05, 0) is 33.3 Å². The molecule has 27 heavy (non-hydrogen) atoms. The average molecular weight is 369 g/mol. The van der Waals surface area contributed by atoms with Crippen molar-refractivity contribution in [1.82, 2.24) is 5.32 Å². The summed E-state index contributed by atoms with van der Waals surface area (Å²) < 4.78 is 19.9. The molecular weight excluding hydrogens is 345 g/mol. The Labute approximate surface area is 158 Å². The third kappa shape index (κ3) is 4.42. The van der Waals surface area contributed by atoms with E-state index in [1.807, 2.05) is 6.07 Å². The number of ether oxygens (including phenoxy) is 1. The number of ketones is 1. The Morgan fingerprint density at radius 2 is 1.67 bits per heavy atom. The van der Waals surface area contributed by atoms with Crippen LogP contribution in [0.5, 0.6) is 0 Å². The first kappa shape index (κ1) is 19.2. The number of nitrogens with one attached hydrogen (secondary N) is 1. The molecule has 2 aromatic rings. The fourth-order valence-corrected chi connectivity index (χ4v) is 3.44. The molecule has 0 aliphatic carbocycles. The molecule has 1 heterocycles. The van der Waals surface area contributed by atoms with E-state index in [2.05, 4.69) is 5.32 Å². The summed E-state index contributed by atoms with van der Waals surface area (Å²) in [7, 11) is 0. The maximum Gasteiger partial charge on any atom is 0.323 e. The quantitative estimate of drug-likeness (QED) is 0.652. The minimum absolute atomic E-state index is 0.109. The number of esters is 1. The molecule has 3 atom stereocenters. The van der Waals surface area contributed by atoms with Gasteiger partial charge in [-0.3, -0.25) is 14.9 Å². The van der Waals surface area contributed by atoms with Crippen molar-refractivity contribution in [3.8, 4) is 0 Å². The van der Waals surface area contributed by atoms with Gasteiger partial charge < -0.3 is 4.74 Å². The zero-order valence-electron chi connectivity index (χ0n) is 15.7. The molecule has 1 aliphatic heterocycles. The highest BCUT2D eigenvalue weighted by atomic mass is 19.1. The summed E-state index contributed by atoms with van der Waals surface area (Å²) in [6, 6.07) is 14.0. The number of carbonyl (C=O) groups is 2. The largest absolute Gasteiger partial charge is 0.459 e. The Morgan fingerprint density at radius 1 is 1.04 bits per heavy atom. The van der Waals surface area contributed by atoms with Crippen LogP contribution in [0.4, 0.5) is 4.39 Å². The zero-order chi connectivity index (χ0) is 19.6. The Kier molecular flexibility index (Phi) is 5.42. The predicted molar refractivity (Wildman–Crippen MR) is 101 cm³/mol. The zero-order valence-corrected chi connectivity index (χ0v) is 15.7. The Morgan fingerprint density at radius 3 is 2.30 bits per heavy atom. The van der Waals surface area contributed by atoms with Crippen LogP contribution in [0.25, 0.3) is 0 Å². The predicted octanol–water partition coefficient (Wildman–Crippen LogP) is 4.07. The highest BCUT2D eigenvalue weighted by molar-refractivity contribution is 5.99. The van der Waals surface area contributed by atoms with Gasteiger partial charge in [0.15, 0.2) is 5.78 Å². The van der Waals surface area contributed by atoms with Crippen molar-refractivity contribution in [3.63, 3.8) is 0 Å². The van der Waals surface area contributed by atoms with Crippen LogP contribution in [0, 0.1) is 11.7 Å². The molecular formula is C22H24FNO3. The molecule has 5 heteroatoms. The van der Waals surface area contributed by atoms with Crippen molar-refractivity contribution in [2.24, 2.45) is 5.92 Å². The number of Topliss-reactive ketones (excluding diaryl/α,β-unsaturated/α-hetero) is 1. The van der Waals surface area contributed by atoms with Gasteiger partial charge in [-0.25, -0.2) is 4.39 Å². The molecule has 142 valence electrons. The third-order valence-corrected chi connectivity index (χ3v) is 4.60. The van der Waals surface area contributed by atoms with Gasteiger partial charge >= 0.3 is 5.97 Å². The second-order valence-corrected chi connectivity index (χ2v) is 7.82. The summed E-state index contributed by atoms with van der Waals surface area (Å²) in [5, 5.41) is 3.14. The molecule has 0 saturated carbocycles. The molecule has 1 saturated heterocycles. The fraction of sp³-hybridized carbons (Fsp3) is 0.364. The summed E-state index contributed by atoms with van der Waals surface area (Å²) in [5.74, 6) is -1.48. The van der Waals surface area contributed by atoms with Crippen LogP contribution < -0.4 is 5.32 Å². The van der Waals surface area contributed by atoms with E-state index in [0.29, 0.717) is 11.1 Å². The van der Waals surface area contributed by atoms with Crippen molar-refractivity contribution >= 4 is 11.8 Å². The van der Waals surface area contributed by atoms with Crippen LogP contribution in [-0.4, -0.2) is 23.4 Å². The Balaban J connectivity index is 1.91. The number of carbonyl (C=O) groups excluding carboxylic acids is 2. The first-order valence-corrected chi connectivity index (χ1v) is 9.09. The summed E-state index contributed by atoms with van der Waals surface area (Å²) >= 11 is 0.